The van der Waals surface area contributed by atoms with Crippen molar-refractivity contribution in [3.63, 3.8) is 0 Å². The molecule has 7 nitrogen and oxygen atoms in total. The maximum atomic E-state index is 6.41. The largest absolute Gasteiger partial charge is 0.480 e. The van der Waals surface area contributed by atoms with E-state index in [1.807, 2.05) is 0 Å². The molecule has 0 aliphatic heterocycles. The average Bonchev–Trinajstić information content (AvgIpc) is 2.67. The number of anilines is 2. The fourth-order valence-electron chi connectivity index (χ4n) is 1.89. The number of hydrogen-bond acceptors (Lipinski definition) is 8. The lowest BCUT2D eigenvalue weighted by atomic mass is 10.2. The maximum absolute atomic E-state index is 6.41. The minimum atomic E-state index is 0.192. The zero-order valence-electron chi connectivity index (χ0n) is 13.9. The number of pyridine rings is 2. The molecule has 0 saturated heterocycles. The molecule has 0 aliphatic carbocycles. The second kappa shape index (κ2) is 8.77. The Morgan fingerprint density at radius 3 is 2.63 bits per heavy atom. The highest BCUT2D eigenvalue weighted by molar-refractivity contribution is 8.00. The van der Waals surface area contributed by atoms with E-state index in [1.54, 1.807) is 18.3 Å². The van der Waals surface area contributed by atoms with Gasteiger partial charge in [-0.25, -0.2) is 19.9 Å². The summed E-state index contributed by atoms with van der Waals surface area (Å²) in [4.78, 5) is 16.8. The van der Waals surface area contributed by atoms with Gasteiger partial charge in [0.05, 0.1) is 27.6 Å². The molecule has 0 atom stereocenters. The molecule has 3 aromatic heterocycles. The number of nitrogens with two attached hydrogens (primary N) is 1. The van der Waals surface area contributed by atoms with Gasteiger partial charge in [-0.3, -0.25) is 0 Å². The van der Waals surface area contributed by atoms with Crippen molar-refractivity contribution in [1.29, 1.82) is 0 Å². The summed E-state index contributed by atoms with van der Waals surface area (Å²) in [5.74, 6) is 6.98. The van der Waals surface area contributed by atoms with Gasteiger partial charge < -0.3 is 15.2 Å². The van der Waals surface area contributed by atoms with Gasteiger partial charge >= 0.3 is 0 Å². The molecule has 0 radical (unpaired) electrons. The standard InChI is InChI=1S/C17H12Cl2N6OS/c1-26-16-13(6-12(18)9-22-16)27-25-15-14(19)11(4-5-21-15)3-2-10-7-23-17(20)24-8-10/h4-9H,1H3,(H,21,25)(H2,20,23,24). The summed E-state index contributed by atoms with van der Waals surface area (Å²) in [6.07, 6.45) is 6.19. The number of hydrogen-bond donors (Lipinski definition) is 2. The van der Waals surface area contributed by atoms with Gasteiger partial charge in [0.2, 0.25) is 11.8 Å². The van der Waals surface area contributed by atoms with E-state index < -0.39 is 0 Å². The quantitative estimate of drug-likeness (QED) is 0.488. The molecule has 10 heteroatoms. The summed E-state index contributed by atoms with van der Waals surface area (Å²) < 4.78 is 8.27. The zero-order chi connectivity index (χ0) is 19.2. The third-order valence-electron chi connectivity index (χ3n) is 3.14. The number of nitrogen functional groups attached to an aromatic ring is 1. The van der Waals surface area contributed by atoms with Crippen LogP contribution in [0, 0.1) is 11.8 Å². The number of rotatable bonds is 4. The molecule has 3 rings (SSSR count). The van der Waals surface area contributed by atoms with Gasteiger partial charge in [-0.2, -0.15) is 0 Å². The molecule has 3 aromatic rings. The Morgan fingerprint density at radius 1 is 1.11 bits per heavy atom. The van der Waals surface area contributed by atoms with E-state index in [0.717, 1.165) is 0 Å². The highest BCUT2D eigenvalue weighted by Crippen LogP contribution is 2.32. The lowest BCUT2D eigenvalue weighted by Gasteiger charge is -2.10. The highest BCUT2D eigenvalue weighted by atomic mass is 35.5. The fourth-order valence-corrected chi connectivity index (χ4v) is 3.15. The van der Waals surface area contributed by atoms with Crippen molar-refractivity contribution in [2.24, 2.45) is 0 Å². The molecule has 3 N–H and O–H groups in total. The van der Waals surface area contributed by atoms with Crippen LogP contribution in [0.25, 0.3) is 0 Å². The van der Waals surface area contributed by atoms with Gasteiger partial charge in [0.15, 0.2) is 5.82 Å². The monoisotopic (exact) mass is 418 g/mol. The lowest BCUT2D eigenvalue weighted by molar-refractivity contribution is 0.387. The number of aromatic nitrogens is 4. The van der Waals surface area contributed by atoms with Gasteiger partial charge in [-0.05, 0) is 24.1 Å². The third kappa shape index (κ3) is 4.92. The van der Waals surface area contributed by atoms with Crippen LogP contribution in [-0.4, -0.2) is 27.0 Å². The normalized spacial score (nSPS) is 10.0. The number of nitrogens with one attached hydrogen (secondary N) is 1. The first-order valence-corrected chi connectivity index (χ1v) is 9.00. The van der Waals surface area contributed by atoms with Crippen LogP contribution in [0.1, 0.15) is 11.1 Å². The van der Waals surface area contributed by atoms with Gasteiger partial charge in [0, 0.05) is 30.4 Å². The fraction of sp³-hybridized carbons (Fsp3) is 0.0588. The Morgan fingerprint density at radius 2 is 1.89 bits per heavy atom. The van der Waals surface area contributed by atoms with Gasteiger partial charge in [0.1, 0.15) is 0 Å². The highest BCUT2D eigenvalue weighted by Gasteiger charge is 2.10. The summed E-state index contributed by atoms with van der Waals surface area (Å²) in [5.41, 5.74) is 6.68. The van der Waals surface area contributed by atoms with Gasteiger partial charge in [-0.1, -0.05) is 35.0 Å². The first kappa shape index (κ1) is 19.0. The van der Waals surface area contributed by atoms with E-state index >= 15 is 0 Å². The second-order valence-corrected chi connectivity index (χ2v) is 6.63. The van der Waals surface area contributed by atoms with Crippen LogP contribution < -0.4 is 15.2 Å². The molecule has 0 fully saturated rings. The first-order chi connectivity index (χ1) is 13.1. The first-order valence-electron chi connectivity index (χ1n) is 7.43. The van der Waals surface area contributed by atoms with E-state index in [1.165, 1.54) is 37.6 Å². The molecule has 0 amide bonds. The molecular formula is C17H12Cl2N6OS. The Labute approximate surface area is 169 Å². The third-order valence-corrected chi connectivity index (χ3v) is 4.54. The van der Waals surface area contributed by atoms with E-state index in [-0.39, 0.29) is 5.95 Å². The molecule has 0 aliphatic rings. The van der Waals surface area contributed by atoms with Crippen LogP contribution in [0.4, 0.5) is 11.8 Å². The Hall–Kier alpha value is -2.73. The Bertz CT molecular complexity index is 1020. The molecule has 136 valence electrons. The van der Waals surface area contributed by atoms with Crippen LogP contribution in [0.2, 0.25) is 10.0 Å². The van der Waals surface area contributed by atoms with Crippen LogP contribution in [0.5, 0.6) is 5.88 Å². The summed E-state index contributed by atoms with van der Waals surface area (Å²) in [6.45, 7) is 0. The summed E-state index contributed by atoms with van der Waals surface area (Å²) in [7, 11) is 1.53. The van der Waals surface area contributed by atoms with Crippen LogP contribution in [0.15, 0.2) is 41.8 Å². The van der Waals surface area contributed by atoms with Crippen LogP contribution >= 0.6 is 35.1 Å². The van der Waals surface area contributed by atoms with E-state index in [2.05, 4.69) is 36.5 Å². The maximum Gasteiger partial charge on any atom is 0.228 e. The van der Waals surface area contributed by atoms with Crippen molar-refractivity contribution in [3.8, 4) is 17.7 Å². The van der Waals surface area contributed by atoms with E-state index in [0.29, 0.717) is 37.8 Å². The average molecular weight is 419 g/mol. The van der Waals surface area contributed by atoms with Crippen molar-refractivity contribution >= 4 is 46.9 Å². The van der Waals surface area contributed by atoms with Crippen LogP contribution in [0.3, 0.4) is 0 Å². The van der Waals surface area contributed by atoms with Crippen molar-refractivity contribution < 1.29 is 4.74 Å². The minimum absolute atomic E-state index is 0.192. The van der Waals surface area contributed by atoms with Crippen molar-refractivity contribution in [3.05, 3.63) is 58.1 Å². The number of methoxy groups -OCH3 is 1. The molecule has 0 aromatic carbocycles. The van der Waals surface area contributed by atoms with E-state index in [9.17, 15) is 0 Å². The molecule has 27 heavy (non-hydrogen) atoms. The smallest absolute Gasteiger partial charge is 0.228 e. The van der Waals surface area contributed by atoms with Crippen molar-refractivity contribution in [2.75, 3.05) is 17.6 Å². The second-order valence-electron chi connectivity index (χ2n) is 4.97. The Kier molecular flexibility index (Phi) is 6.19. The Balaban J connectivity index is 1.80. The molecule has 3 heterocycles. The predicted octanol–water partition coefficient (Wildman–Crippen LogP) is 3.68. The number of halogens is 2. The van der Waals surface area contributed by atoms with Crippen LogP contribution in [-0.2, 0) is 0 Å². The van der Waals surface area contributed by atoms with E-state index in [4.69, 9.17) is 33.7 Å². The lowest BCUT2D eigenvalue weighted by Crippen LogP contribution is -1.96. The van der Waals surface area contributed by atoms with Gasteiger partial charge in [0.25, 0.3) is 0 Å². The summed E-state index contributed by atoms with van der Waals surface area (Å²) >= 11 is 13.6. The van der Waals surface area contributed by atoms with Crippen molar-refractivity contribution in [2.45, 2.75) is 4.90 Å². The predicted molar refractivity (Wildman–Crippen MR) is 107 cm³/mol. The van der Waals surface area contributed by atoms with Gasteiger partial charge in [-0.15, -0.1) is 0 Å². The number of ether oxygens (including phenoxy) is 1. The molecular weight excluding hydrogens is 407 g/mol. The molecule has 0 spiro atoms. The minimum Gasteiger partial charge on any atom is -0.480 e. The van der Waals surface area contributed by atoms with Crippen molar-refractivity contribution in [1.82, 2.24) is 19.9 Å². The topological polar surface area (TPSA) is 98.8 Å². The summed E-state index contributed by atoms with van der Waals surface area (Å²) in [6, 6.07) is 3.44. The SMILES string of the molecule is COc1ncc(Cl)cc1SNc1nccc(C#Cc2cnc(N)nc2)c1Cl. The molecule has 0 unspecified atom stereocenters. The summed E-state index contributed by atoms with van der Waals surface area (Å²) in [5, 5.41) is 0.868. The molecule has 0 saturated carbocycles. The number of nitrogens with zero attached hydrogens (tertiary/aromatic N) is 4. The molecule has 0 bridgehead atoms. The zero-order valence-corrected chi connectivity index (χ0v) is 16.2.